The van der Waals surface area contributed by atoms with E-state index >= 15 is 0 Å². The highest BCUT2D eigenvalue weighted by Crippen LogP contribution is 2.28. The molecular weight excluding hydrogens is 358 g/mol. The van der Waals surface area contributed by atoms with Gasteiger partial charge in [0.2, 0.25) is 0 Å². The van der Waals surface area contributed by atoms with Crippen LogP contribution in [0.2, 0.25) is 0 Å². The Morgan fingerprint density at radius 1 is 1.00 bits per heavy atom. The van der Waals surface area contributed by atoms with E-state index in [-0.39, 0.29) is 0 Å². The first-order chi connectivity index (χ1) is 8.38. The van der Waals surface area contributed by atoms with Crippen molar-refractivity contribution in [1.82, 2.24) is 4.57 Å². The molecule has 6 heteroatoms. The molecule has 0 saturated heterocycles. The lowest BCUT2D eigenvalue weighted by Gasteiger charge is -2.10. The van der Waals surface area contributed by atoms with Gasteiger partial charge in [-0.15, -0.1) is 0 Å². The van der Waals surface area contributed by atoms with E-state index in [1.54, 1.807) is 24.3 Å². The van der Waals surface area contributed by atoms with Crippen LogP contribution in [0.15, 0.2) is 47.4 Å². The van der Waals surface area contributed by atoms with E-state index in [9.17, 15) is 18.0 Å². The molecule has 0 amide bonds. The van der Waals surface area contributed by atoms with Crippen LogP contribution < -0.4 is 5.56 Å². The minimum atomic E-state index is -4.46. The number of hydrogen-bond acceptors (Lipinski definition) is 1. The van der Waals surface area contributed by atoms with Gasteiger partial charge in [0, 0.05) is 21.5 Å². The summed E-state index contributed by atoms with van der Waals surface area (Å²) in [5, 5.41) is 0. The fourth-order valence-electron chi connectivity index (χ4n) is 1.46. The molecule has 0 radical (unpaired) electrons. The van der Waals surface area contributed by atoms with Crippen LogP contribution in [-0.4, -0.2) is 4.57 Å². The molecule has 18 heavy (non-hydrogen) atoms. The molecule has 2 nitrogen and oxygen atoms in total. The second-order valence-electron chi connectivity index (χ2n) is 3.60. The van der Waals surface area contributed by atoms with Gasteiger partial charge in [0.25, 0.3) is 5.56 Å². The van der Waals surface area contributed by atoms with Crippen molar-refractivity contribution in [2.75, 3.05) is 0 Å². The average molecular weight is 365 g/mol. The molecule has 0 fully saturated rings. The Morgan fingerprint density at radius 3 is 2.17 bits per heavy atom. The highest BCUT2D eigenvalue weighted by molar-refractivity contribution is 14.1. The maximum atomic E-state index is 12.6. The van der Waals surface area contributed by atoms with Gasteiger partial charge in [0.1, 0.15) is 0 Å². The van der Waals surface area contributed by atoms with Crippen molar-refractivity contribution in [2.45, 2.75) is 6.18 Å². The van der Waals surface area contributed by atoms with E-state index < -0.39 is 17.3 Å². The summed E-state index contributed by atoms with van der Waals surface area (Å²) in [6.07, 6.45) is -3.65. The molecule has 0 N–H and O–H groups in total. The lowest BCUT2D eigenvalue weighted by Crippen LogP contribution is -2.19. The van der Waals surface area contributed by atoms with Gasteiger partial charge >= 0.3 is 6.18 Å². The molecule has 0 bridgehead atoms. The number of alkyl halides is 3. The number of aromatic nitrogens is 1. The molecule has 0 aliphatic carbocycles. The smallest absolute Gasteiger partial charge is 0.284 e. The molecule has 0 aliphatic heterocycles. The largest absolute Gasteiger partial charge is 0.417 e. The Bertz CT molecular complexity index is 616. The van der Waals surface area contributed by atoms with Crippen molar-refractivity contribution in [3.05, 3.63) is 62.1 Å². The first-order valence-electron chi connectivity index (χ1n) is 4.94. The van der Waals surface area contributed by atoms with E-state index in [0.717, 1.165) is 26.5 Å². The van der Waals surface area contributed by atoms with Crippen molar-refractivity contribution in [2.24, 2.45) is 0 Å². The molecule has 0 saturated carbocycles. The molecule has 0 unspecified atom stereocenters. The number of pyridine rings is 1. The first kappa shape index (κ1) is 13.1. The lowest BCUT2D eigenvalue weighted by molar-refractivity contribution is -0.138. The zero-order valence-corrected chi connectivity index (χ0v) is 11.1. The summed E-state index contributed by atoms with van der Waals surface area (Å²) in [7, 11) is 0. The molecule has 1 aromatic heterocycles. The molecule has 0 atom stereocenters. The van der Waals surface area contributed by atoms with Gasteiger partial charge in [-0.3, -0.25) is 9.36 Å². The van der Waals surface area contributed by atoms with Gasteiger partial charge in [-0.1, -0.05) is 0 Å². The minimum absolute atomic E-state index is 0.409. The highest BCUT2D eigenvalue weighted by Gasteiger charge is 2.31. The number of halogens is 4. The van der Waals surface area contributed by atoms with Crippen LogP contribution in [0.4, 0.5) is 13.2 Å². The van der Waals surface area contributed by atoms with Crippen molar-refractivity contribution in [3.8, 4) is 5.69 Å². The number of nitrogens with zero attached hydrogens (tertiary/aromatic N) is 1. The van der Waals surface area contributed by atoms with Gasteiger partial charge < -0.3 is 0 Å². The fraction of sp³-hybridized carbons (Fsp3) is 0.0833. The van der Waals surface area contributed by atoms with Crippen LogP contribution in [0.5, 0.6) is 0 Å². The molecular formula is C12H7F3INO. The molecule has 1 aromatic carbocycles. The van der Waals surface area contributed by atoms with Crippen molar-refractivity contribution in [3.63, 3.8) is 0 Å². The lowest BCUT2D eigenvalue weighted by atomic mass is 10.2. The van der Waals surface area contributed by atoms with Crippen LogP contribution >= 0.6 is 22.6 Å². The summed E-state index contributed by atoms with van der Waals surface area (Å²) >= 11 is 2.08. The van der Waals surface area contributed by atoms with Crippen LogP contribution in [0.3, 0.4) is 0 Å². The van der Waals surface area contributed by atoms with Gasteiger partial charge in [0.05, 0.1) is 5.56 Å². The summed E-state index contributed by atoms with van der Waals surface area (Å²) in [6, 6.07) is 8.35. The topological polar surface area (TPSA) is 22.0 Å². The third-order valence-corrected chi connectivity index (χ3v) is 3.06. The standard InChI is InChI=1S/C12H7F3INO/c13-12(14,15)8-1-6-11(18)17(7-8)10-4-2-9(16)3-5-10/h1-7H. The van der Waals surface area contributed by atoms with Gasteiger partial charge in [-0.05, 0) is 52.9 Å². The molecule has 2 aromatic rings. The van der Waals surface area contributed by atoms with E-state index in [4.69, 9.17) is 0 Å². The van der Waals surface area contributed by atoms with Crippen LogP contribution in [-0.2, 0) is 6.18 Å². The Hall–Kier alpha value is -1.31. The van der Waals surface area contributed by atoms with Crippen molar-refractivity contribution >= 4 is 22.6 Å². The van der Waals surface area contributed by atoms with E-state index in [1.807, 2.05) is 0 Å². The monoisotopic (exact) mass is 365 g/mol. The normalized spacial score (nSPS) is 11.6. The summed E-state index contributed by atoms with van der Waals surface area (Å²) in [5.41, 5.74) is -0.934. The zero-order chi connectivity index (χ0) is 13.3. The summed E-state index contributed by atoms with van der Waals surface area (Å²) in [6.45, 7) is 0. The predicted molar refractivity (Wildman–Crippen MR) is 69.8 cm³/mol. The number of benzene rings is 1. The molecule has 1 heterocycles. The van der Waals surface area contributed by atoms with Crippen molar-refractivity contribution in [1.29, 1.82) is 0 Å². The molecule has 2 rings (SSSR count). The highest BCUT2D eigenvalue weighted by atomic mass is 127. The number of rotatable bonds is 1. The minimum Gasteiger partial charge on any atom is -0.284 e. The maximum absolute atomic E-state index is 12.6. The Morgan fingerprint density at radius 2 is 1.61 bits per heavy atom. The van der Waals surface area contributed by atoms with Crippen LogP contribution in [0, 0.1) is 3.57 Å². The van der Waals surface area contributed by atoms with Crippen LogP contribution in [0.25, 0.3) is 5.69 Å². The van der Waals surface area contributed by atoms with Crippen LogP contribution in [0.1, 0.15) is 5.56 Å². The van der Waals surface area contributed by atoms with Gasteiger partial charge in [0.15, 0.2) is 0 Å². The Kier molecular flexibility index (Phi) is 3.47. The Labute approximate surface area is 114 Å². The molecule has 0 aliphatic rings. The third kappa shape index (κ3) is 2.74. The van der Waals surface area contributed by atoms with Gasteiger partial charge in [-0.2, -0.15) is 13.2 Å². The maximum Gasteiger partial charge on any atom is 0.417 e. The summed E-state index contributed by atoms with van der Waals surface area (Å²) < 4.78 is 39.6. The Balaban J connectivity index is 2.57. The predicted octanol–water partition coefficient (Wildman–Crippen LogP) is 3.46. The second-order valence-corrected chi connectivity index (χ2v) is 4.85. The SMILES string of the molecule is O=c1ccc(C(F)(F)F)cn1-c1ccc(I)cc1. The van der Waals surface area contributed by atoms with E-state index in [1.165, 1.54) is 0 Å². The summed E-state index contributed by atoms with van der Waals surface area (Å²) in [5.74, 6) is 0. The van der Waals surface area contributed by atoms with E-state index in [2.05, 4.69) is 22.6 Å². The summed E-state index contributed by atoms with van der Waals surface area (Å²) in [4.78, 5) is 11.6. The average Bonchev–Trinajstić information content (AvgIpc) is 2.29. The zero-order valence-electron chi connectivity index (χ0n) is 8.91. The molecule has 0 spiro atoms. The van der Waals surface area contributed by atoms with E-state index in [0.29, 0.717) is 5.69 Å². The quantitative estimate of drug-likeness (QED) is 0.710. The third-order valence-electron chi connectivity index (χ3n) is 2.34. The second kappa shape index (κ2) is 4.75. The first-order valence-corrected chi connectivity index (χ1v) is 6.01. The fourth-order valence-corrected chi connectivity index (χ4v) is 1.82. The van der Waals surface area contributed by atoms with Gasteiger partial charge in [-0.25, -0.2) is 0 Å². The van der Waals surface area contributed by atoms with Crippen molar-refractivity contribution < 1.29 is 13.2 Å². The molecule has 94 valence electrons. The number of hydrogen-bond donors (Lipinski definition) is 0.